The van der Waals surface area contributed by atoms with Gasteiger partial charge in [-0.2, -0.15) is 0 Å². The van der Waals surface area contributed by atoms with E-state index in [1.54, 1.807) is 0 Å². The Kier molecular flexibility index (Phi) is 8.47. The van der Waals surface area contributed by atoms with Gasteiger partial charge in [-0.05, 0) is 63.0 Å². The molecule has 0 bridgehead atoms. The van der Waals surface area contributed by atoms with E-state index >= 15 is 0 Å². The number of rotatable bonds is 9. The molecule has 0 aliphatic carbocycles. The van der Waals surface area contributed by atoms with Gasteiger partial charge in [0, 0.05) is 5.69 Å². The van der Waals surface area contributed by atoms with E-state index in [1.807, 2.05) is 0 Å². The molecule has 0 saturated carbocycles. The van der Waals surface area contributed by atoms with E-state index in [-0.39, 0.29) is 11.6 Å². The Morgan fingerprint density at radius 2 is 0.622 bits per heavy atom. The Hall–Kier alpha value is -3.24. The molecule has 0 heterocycles. The van der Waals surface area contributed by atoms with Crippen LogP contribution in [0.4, 0.5) is 5.69 Å². The summed E-state index contributed by atoms with van der Waals surface area (Å²) in [5.41, 5.74) is 1.28. The predicted molar refractivity (Wildman–Crippen MR) is 166 cm³/mol. The molecule has 0 aromatic heterocycles. The van der Waals surface area contributed by atoms with E-state index in [2.05, 4.69) is 170 Å². The van der Waals surface area contributed by atoms with E-state index in [0.717, 1.165) is 0 Å². The standard InChI is InChI=1S/C34H33NP2/c1-28(36(31-20-10-4-11-21-31)32-22-12-5-13-23-32)35(30-18-8-3-9-19-30)29(2)37(33-24-14-6-15-25-33)34-26-16-7-17-27-34/h3-29H,1-2H3. The molecule has 2 atom stereocenters. The van der Waals surface area contributed by atoms with Crippen LogP contribution in [-0.4, -0.2) is 11.6 Å². The van der Waals surface area contributed by atoms with Crippen molar-refractivity contribution in [3.05, 3.63) is 152 Å². The van der Waals surface area contributed by atoms with Crippen LogP contribution in [0.1, 0.15) is 13.8 Å². The van der Waals surface area contributed by atoms with E-state index < -0.39 is 15.8 Å². The van der Waals surface area contributed by atoms with Crippen LogP contribution in [0, 0.1) is 0 Å². The third kappa shape index (κ3) is 5.86. The Balaban J connectivity index is 1.65. The molecule has 37 heavy (non-hydrogen) atoms. The number of benzene rings is 5. The Labute approximate surface area is 224 Å². The largest absolute Gasteiger partial charge is 0.357 e. The molecule has 1 nitrogen and oxygen atoms in total. The summed E-state index contributed by atoms with van der Waals surface area (Å²) in [4.78, 5) is 2.71. The molecule has 5 aromatic carbocycles. The first-order chi connectivity index (χ1) is 18.2. The molecular formula is C34H33NP2. The fraction of sp³-hybridized carbons (Fsp3) is 0.118. The minimum Gasteiger partial charge on any atom is -0.357 e. The average Bonchev–Trinajstić information content (AvgIpc) is 2.96. The lowest BCUT2D eigenvalue weighted by atomic mass is 10.3. The van der Waals surface area contributed by atoms with Crippen molar-refractivity contribution in [2.75, 3.05) is 4.90 Å². The molecule has 184 valence electrons. The molecule has 2 unspecified atom stereocenters. The first-order valence-corrected chi connectivity index (χ1v) is 15.7. The zero-order chi connectivity index (χ0) is 25.5. The Bertz CT molecular complexity index is 1180. The lowest BCUT2D eigenvalue weighted by Crippen LogP contribution is -2.44. The van der Waals surface area contributed by atoms with Gasteiger partial charge in [0.15, 0.2) is 0 Å². The van der Waals surface area contributed by atoms with Crippen LogP contribution in [-0.2, 0) is 0 Å². The second kappa shape index (κ2) is 12.3. The van der Waals surface area contributed by atoms with Crippen LogP contribution in [0.2, 0.25) is 0 Å². The first-order valence-electron chi connectivity index (χ1n) is 12.9. The van der Waals surface area contributed by atoms with Gasteiger partial charge in [0.1, 0.15) is 0 Å². The van der Waals surface area contributed by atoms with E-state index in [1.165, 1.54) is 26.9 Å². The monoisotopic (exact) mass is 517 g/mol. The molecule has 0 fully saturated rings. The smallest absolute Gasteiger partial charge is 0.0548 e. The molecule has 3 heteroatoms. The van der Waals surface area contributed by atoms with Crippen LogP contribution in [0.3, 0.4) is 0 Å². The number of anilines is 1. The number of para-hydroxylation sites is 1. The van der Waals surface area contributed by atoms with Gasteiger partial charge in [-0.1, -0.05) is 140 Å². The van der Waals surface area contributed by atoms with Crippen LogP contribution < -0.4 is 26.1 Å². The van der Waals surface area contributed by atoms with Crippen molar-refractivity contribution >= 4 is 42.7 Å². The molecule has 5 aromatic rings. The van der Waals surface area contributed by atoms with Gasteiger partial charge in [0.2, 0.25) is 0 Å². The molecule has 5 rings (SSSR count). The highest BCUT2D eigenvalue weighted by molar-refractivity contribution is 7.74. The summed E-state index contributed by atoms with van der Waals surface area (Å²) in [6, 6.07) is 55.4. The van der Waals surface area contributed by atoms with Gasteiger partial charge in [0.25, 0.3) is 0 Å². The summed E-state index contributed by atoms with van der Waals surface area (Å²) in [6.07, 6.45) is 0. The highest BCUT2D eigenvalue weighted by atomic mass is 31.1. The highest BCUT2D eigenvalue weighted by Crippen LogP contribution is 2.49. The minimum atomic E-state index is -0.634. The van der Waals surface area contributed by atoms with E-state index in [4.69, 9.17) is 0 Å². The van der Waals surface area contributed by atoms with E-state index in [0.29, 0.717) is 0 Å². The van der Waals surface area contributed by atoms with Gasteiger partial charge >= 0.3 is 0 Å². The molecule has 0 radical (unpaired) electrons. The zero-order valence-corrected chi connectivity index (χ0v) is 23.2. The van der Waals surface area contributed by atoms with Gasteiger partial charge in [-0.3, -0.25) is 0 Å². The molecule has 0 N–H and O–H groups in total. The molecular weight excluding hydrogens is 484 g/mol. The fourth-order valence-corrected chi connectivity index (χ4v) is 10.7. The predicted octanol–water partition coefficient (Wildman–Crippen LogP) is 7.45. The van der Waals surface area contributed by atoms with Crippen LogP contribution in [0.15, 0.2) is 152 Å². The molecule has 0 saturated heterocycles. The highest BCUT2D eigenvalue weighted by Gasteiger charge is 2.34. The van der Waals surface area contributed by atoms with Gasteiger partial charge < -0.3 is 4.90 Å². The number of hydrogen-bond acceptors (Lipinski definition) is 1. The molecule has 0 amide bonds. The summed E-state index contributed by atoms with van der Waals surface area (Å²) < 4.78 is 0. The SMILES string of the molecule is CC(N(c1ccccc1)C(C)P(c1ccccc1)c1ccccc1)P(c1ccccc1)c1ccccc1. The average molecular weight is 518 g/mol. The van der Waals surface area contributed by atoms with Crippen molar-refractivity contribution in [2.24, 2.45) is 0 Å². The Morgan fingerprint density at radius 1 is 0.378 bits per heavy atom. The van der Waals surface area contributed by atoms with Crippen molar-refractivity contribution in [1.29, 1.82) is 0 Å². The molecule has 0 spiro atoms. The summed E-state index contributed by atoms with van der Waals surface area (Å²) >= 11 is 0. The maximum Gasteiger partial charge on any atom is 0.0548 e. The van der Waals surface area contributed by atoms with E-state index in [9.17, 15) is 0 Å². The third-order valence-corrected chi connectivity index (χ3v) is 12.2. The van der Waals surface area contributed by atoms with Crippen molar-refractivity contribution in [2.45, 2.75) is 25.4 Å². The Morgan fingerprint density at radius 3 is 0.892 bits per heavy atom. The van der Waals surface area contributed by atoms with Gasteiger partial charge in [-0.15, -0.1) is 0 Å². The first kappa shape index (κ1) is 25.4. The van der Waals surface area contributed by atoms with Crippen molar-refractivity contribution in [3.8, 4) is 0 Å². The normalized spacial score (nSPS) is 12.9. The second-order valence-electron chi connectivity index (χ2n) is 9.09. The third-order valence-electron chi connectivity index (χ3n) is 6.74. The second-order valence-corrected chi connectivity index (χ2v) is 14.1. The summed E-state index contributed by atoms with van der Waals surface area (Å²) in [6.45, 7) is 4.86. The van der Waals surface area contributed by atoms with Crippen molar-refractivity contribution in [3.63, 3.8) is 0 Å². The maximum atomic E-state index is 2.71. The van der Waals surface area contributed by atoms with Gasteiger partial charge in [-0.25, -0.2) is 0 Å². The van der Waals surface area contributed by atoms with Crippen LogP contribution in [0.25, 0.3) is 0 Å². The quantitative estimate of drug-likeness (QED) is 0.184. The topological polar surface area (TPSA) is 3.24 Å². The number of nitrogens with zero attached hydrogens (tertiary/aromatic N) is 1. The maximum absolute atomic E-state index is 2.71. The molecule has 0 aliphatic rings. The van der Waals surface area contributed by atoms with Crippen molar-refractivity contribution < 1.29 is 0 Å². The number of hydrogen-bond donors (Lipinski definition) is 0. The minimum absolute atomic E-state index is 0.287. The van der Waals surface area contributed by atoms with Crippen molar-refractivity contribution in [1.82, 2.24) is 0 Å². The zero-order valence-electron chi connectivity index (χ0n) is 21.4. The van der Waals surface area contributed by atoms with Gasteiger partial charge in [0.05, 0.1) is 11.6 Å². The lowest BCUT2D eigenvalue weighted by Gasteiger charge is -2.44. The van der Waals surface area contributed by atoms with Crippen LogP contribution >= 0.6 is 15.8 Å². The summed E-state index contributed by atoms with van der Waals surface area (Å²) in [5.74, 6) is 0.573. The van der Waals surface area contributed by atoms with Crippen LogP contribution in [0.5, 0.6) is 0 Å². The summed E-state index contributed by atoms with van der Waals surface area (Å²) in [7, 11) is -1.27. The molecule has 0 aliphatic heterocycles. The summed E-state index contributed by atoms with van der Waals surface area (Å²) in [5, 5.41) is 5.64. The fourth-order valence-electron chi connectivity index (χ4n) is 5.11. The lowest BCUT2D eigenvalue weighted by molar-refractivity contribution is 0.775.